The van der Waals surface area contributed by atoms with Crippen molar-refractivity contribution in [1.29, 1.82) is 0 Å². The molecule has 2 aliphatic rings. The molecule has 2 aliphatic heterocycles. The van der Waals surface area contributed by atoms with Crippen LogP contribution in [0.15, 0.2) is 51.8 Å². The zero-order chi connectivity index (χ0) is 22.4. The fraction of sp³-hybridized carbons (Fsp3) is 0.130. The zero-order valence-corrected chi connectivity index (χ0v) is 19.0. The lowest BCUT2D eigenvalue weighted by molar-refractivity contribution is -0.123. The number of benzene rings is 2. The highest BCUT2D eigenvalue weighted by Crippen LogP contribution is 2.39. The van der Waals surface area contributed by atoms with Gasteiger partial charge in [0.25, 0.3) is 11.1 Å². The molecule has 0 saturated carbocycles. The first kappa shape index (κ1) is 21.0. The van der Waals surface area contributed by atoms with Crippen molar-refractivity contribution in [2.45, 2.75) is 13.5 Å². The lowest BCUT2D eigenvalue weighted by Crippen LogP contribution is -2.27. The summed E-state index contributed by atoms with van der Waals surface area (Å²) in [7, 11) is 0. The summed E-state index contributed by atoms with van der Waals surface area (Å²) in [6, 6.07) is 12.5. The van der Waals surface area contributed by atoms with Gasteiger partial charge in [-0.2, -0.15) is 0 Å². The molecule has 3 heterocycles. The molecule has 0 atom stereocenters. The second-order valence-electron chi connectivity index (χ2n) is 7.23. The van der Waals surface area contributed by atoms with Crippen LogP contribution in [0.2, 0.25) is 10.0 Å². The van der Waals surface area contributed by atoms with Crippen LogP contribution in [0.4, 0.5) is 4.79 Å². The number of imide groups is 1. The van der Waals surface area contributed by atoms with Crippen LogP contribution < -0.4 is 9.47 Å². The van der Waals surface area contributed by atoms with E-state index in [1.54, 1.807) is 30.3 Å². The molecule has 1 saturated heterocycles. The number of aryl methyl sites for hydroxylation is 1. The van der Waals surface area contributed by atoms with Gasteiger partial charge in [0.05, 0.1) is 11.4 Å². The molecule has 0 radical (unpaired) electrons. The molecule has 0 bridgehead atoms. The van der Waals surface area contributed by atoms with Crippen LogP contribution in [0.25, 0.3) is 17.4 Å². The van der Waals surface area contributed by atoms with Crippen molar-refractivity contribution in [3.05, 3.63) is 74.3 Å². The summed E-state index contributed by atoms with van der Waals surface area (Å²) in [4.78, 5) is 26.8. The number of ether oxygens (including phenoxy) is 2. The second-order valence-corrected chi connectivity index (χ2v) is 9.04. The Hall–Kier alpha value is -2.87. The van der Waals surface area contributed by atoms with E-state index in [0.717, 1.165) is 27.8 Å². The van der Waals surface area contributed by atoms with Gasteiger partial charge < -0.3 is 13.9 Å². The van der Waals surface area contributed by atoms with Crippen molar-refractivity contribution in [3.8, 4) is 22.8 Å². The standard InChI is InChI=1S/C23H15Cl2NO5S/c1-12-2-3-13(6-16(12)24)18-5-4-15(31-18)8-21-22(27)26(23(28)32-21)10-14-7-19-20(9-17(14)25)30-11-29-19/h2-9H,10-11H2,1H3/b21-8-. The summed E-state index contributed by atoms with van der Waals surface area (Å²) in [5.74, 6) is 1.74. The molecule has 1 aromatic heterocycles. The highest BCUT2D eigenvalue weighted by atomic mass is 35.5. The van der Waals surface area contributed by atoms with Crippen molar-refractivity contribution < 1.29 is 23.5 Å². The van der Waals surface area contributed by atoms with Gasteiger partial charge in [-0.3, -0.25) is 14.5 Å². The number of thioether (sulfide) groups is 1. The van der Waals surface area contributed by atoms with Crippen molar-refractivity contribution in [2.24, 2.45) is 0 Å². The van der Waals surface area contributed by atoms with Gasteiger partial charge in [0, 0.05) is 27.8 Å². The minimum atomic E-state index is -0.412. The maximum atomic E-state index is 12.9. The Bertz CT molecular complexity index is 1300. The van der Waals surface area contributed by atoms with Gasteiger partial charge in [-0.05, 0) is 54.1 Å². The average molecular weight is 488 g/mol. The van der Waals surface area contributed by atoms with Crippen LogP contribution >= 0.6 is 35.0 Å². The van der Waals surface area contributed by atoms with E-state index >= 15 is 0 Å². The number of carbonyl (C=O) groups excluding carboxylic acids is 2. The summed E-state index contributed by atoms with van der Waals surface area (Å²) in [6.07, 6.45) is 1.56. The fourth-order valence-electron chi connectivity index (χ4n) is 3.35. The molecule has 5 rings (SSSR count). The van der Waals surface area contributed by atoms with E-state index in [4.69, 9.17) is 37.1 Å². The number of fused-ring (bicyclic) bond motifs is 1. The Morgan fingerprint density at radius 1 is 1.03 bits per heavy atom. The molecule has 3 aromatic rings. The first-order valence-corrected chi connectivity index (χ1v) is 11.2. The number of nitrogens with zero attached hydrogens (tertiary/aromatic N) is 1. The summed E-state index contributed by atoms with van der Waals surface area (Å²) < 4.78 is 16.5. The van der Waals surface area contributed by atoms with Gasteiger partial charge in [-0.15, -0.1) is 0 Å². The highest BCUT2D eigenvalue weighted by molar-refractivity contribution is 8.18. The van der Waals surface area contributed by atoms with Crippen LogP contribution in [0.1, 0.15) is 16.9 Å². The van der Waals surface area contributed by atoms with Crippen molar-refractivity contribution in [2.75, 3.05) is 6.79 Å². The van der Waals surface area contributed by atoms with Crippen LogP contribution in [0.3, 0.4) is 0 Å². The quantitative estimate of drug-likeness (QED) is 0.389. The Morgan fingerprint density at radius 2 is 1.81 bits per heavy atom. The third-order valence-corrected chi connectivity index (χ3v) is 6.77. The molecule has 6 nitrogen and oxygen atoms in total. The Kier molecular flexibility index (Phi) is 5.41. The van der Waals surface area contributed by atoms with Gasteiger partial charge in [-0.1, -0.05) is 35.3 Å². The summed E-state index contributed by atoms with van der Waals surface area (Å²) in [5, 5.41) is 0.653. The molecule has 32 heavy (non-hydrogen) atoms. The van der Waals surface area contributed by atoms with E-state index in [1.165, 1.54) is 0 Å². The maximum absolute atomic E-state index is 12.9. The Labute approximate surface area is 197 Å². The first-order valence-electron chi connectivity index (χ1n) is 9.59. The Balaban J connectivity index is 1.36. The second kappa shape index (κ2) is 8.24. The summed E-state index contributed by atoms with van der Waals surface area (Å²) >= 11 is 13.4. The molecule has 2 amide bonds. The molecule has 1 fully saturated rings. The smallest absolute Gasteiger partial charge is 0.293 e. The van der Waals surface area contributed by atoms with E-state index < -0.39 is 5.91 Å². The first-order chi connectivity index (χ1) is 15.4. The SMILES string of the molecule is Cc1ccc(-c2ccc(/C=C3\SC(=O)N(Cc4cc5c(cc4Cl)OCO5)C3=O)o2)cc1Cl. The van der Waals surface area contributed by atoms with Crippen LogP contribution in [0.5, 0.6) is 11.5 Å². The number of amides is 2. The van der Waals surface area contributed by atoms with Gasteiger partial charge in [-0.25, -0.2) is 0 Å². The minimum Gasteiger partial charge on any atom is -0.457 e. The molecule has 162 valence electrons. The number of carbonyl (C=O) groups is 2. The molecular weight excluding hydrogens is 473 g/mol. The molecule has 0 spiro atoms. The third-order valence-electron chi connectivity index (χ3n) is 5.10. The Morgan fingerprint density at radius 3 is 2.59 bits per heavy atom. The molecule has 0 N–H and O–H groups in total. The van der Waals surface area contributed by atoms with Crippen molar-refractivity contribution >= 4 is 52.2 Å². The van der Waals surface area contributed by atoms with Crippen LogP contribution in [0, 0.1) is 6.92 Å². The molecule has 0 aliphatic carbocycles. The van der Waals surface area contributed by atoms with Crippen LogP contribution in [-0.4, -0.2) is 22.8 Å². The molecule has 0 unspecified atom stereocenters. The van der Waals surface area contributed by atoms with E-state index in [-0.39, 0.29) is 23.5 Å². The average Bonchev–Trinajstić information content (AvgIpc) is 3.47. The largest absolute Gasteiger partial charge is 0.457 e. The minimum absolute atomic E-state index is 0.0305. The highest BCUT2D eigenvalue weighted by Gasteiger charge is 2.36. The number of halogens is 2. The van der Waals surface area contributed by atoms with Gasteiger partial charge in [0.2, 0.25) is 6.79 Å². The molecular formula is C23H15Cl2NO5S. The van der Waals surface area contributed by atoms with E-state index in [9.17, 15) is 9.59 Å². The molecule has 9 heteroatoms. The van der Waals surface area contributed by atoms with E-state index in [2.05, 4.69) is 0 Å². The van der Waals surface area contributed by atoms with Gasteiger partial charge in [0.1, 0.15) is 11.5 Å². The number of rotatable bonds is 4. The zero-order valence-electron chi connectivity index (χ0n) is 16.7. The number of furan rings is 1. The fourth-order valence-corrected chi connectivity index (χ4v) is 4.56. The monoisotopic (exact) mass is 487 g/mol. The predicted octanol–water partition coefficient (Wildman–Crippen LogP) is 6.53. The molecule has 2 aromatic carbocycles. The van der Waals surface area contributed by atoms with Crippen molar-refractivity contribution in [3.63, 3.8) is 0 Å². The van der Waals surface area contributed by atoms with E-state index in [0.29, 0.717) is 38.6 Å². The van der Waals surface area contributed by atoms with E-state index in [1.807, 2.05) is 25.1 Å². The van der Waals surface area contributed by atoms with Gasteiger partial charge in [0.15, 0.2) is 11.5 Å². The number of hydrogen-bond donors (Lipinski definition) is 0. The predicted molar refractivity (Wildman–Crippen MR) is 123 cm³/mol. The number of hydrogen-bond acceptors (Lipinski definition) is 6. The normalized spacial score (nSPS) is 16.5. The lowest BCUT2D eigenvalue weighted by atomic mass is 10.1. The maximum Gasteiger partial charge on any atom is 0.293 e. The van der Waals surface area contributed by atoms with Gasteiger partial charge >= 0.3 is 0 Å². The third kappa shape index (κ3) is 3.88. The summed E-state index contributed by atoms with van der Waals surface area (Å²) in [5.41, 5.74) is 2.39. The summed E-state index contributed by atoms with van der Waals surface area (Å²) in [6.45, 7) is 2.06. The van der Waals surface area contributed by atoms with Crippen LogP contribution in [-0.2, 0) is 11.3 Å². The lowest BCUT2D eigenvalue weighted by Gasteiger charge is -2.14. The van der Waals surface area contributed by atoms with Crippen molar-refractivity contribution in [1.82, 2.24) is 4.90 Å². The topological polar surface area (TPSA) is 69.0 Å².